The minimum atomic E-state index is -0.336. The van der Waals surface area contributed by atoms with Gasteiger partial charge in [-0.1, -0.05) is 18.2 Å². The second-order valence-electron chi connectivity index (χ2n) is 4.93. The van der Waals surface area contributed by atoms with Crippen LogP contribution in [-0.4, -0.2) is 39.6 Å². The van der Waals surface area contributed by atoms with Crippen LogP contribution in [0.15, 0.2) is 42.5 Å². The average Bonchev–Trinajstić information content (AvgIpc) is 2.61. The van der Waals surface area contributed by atoms with Crippen molar-refractivity contribution < 1.29 is 23.8 Å². The summed E-state index contributed by atoms with van der Waals surface area (Å²) in [6, 6.07) is 11.9. The molecule has 0 aromatic heterocycles. The van der Waals surface area contributed by atoms with Gasteiger partial charge in [0.15, 0.2) is 5.78 Å². The number of hydrogen-bond donors (Lipinski definition) is 1. The second kappa shape index (κ2) is 8.12. The van der Waals surface area contributed by atoms with Crippen LogP contribution in [-0.2, 0) is 4.74 Å². The molecule has 0 spiro atoms. The van der Waals surface area contributed by atoms with Gasteiger partial charge < -0.3 is 19.5 Å². The molecule has 0 bridgehead atoms. The summed E-state index contributed by atoms with van der Waals surface area (Å²) in [4.78, 5) is 24.8. The fourth-order valence-electron chi connectivity index (χ4n) is 2.24. The van der Waals surface area contributed by atoms with Gasteiger partial charge >= 0.3 is 0 Å². The third-order valence-corrected chi connectivity index (χ3v) is 3.37. The highest BCUT2D eigenvalue weighted by Crippen LogP contribution is 2.33. The first kappa shape index (κ1) is 17.5. The van der Waals surface area contributed by atoms with Gasteiger partial charge in [-0.05, 0) is 12.1 Å². The van der Waals surface area contributed by atoms with E-state index in [9.17, 15) is 9.59 Å². The number of amides is 1. The molecule has 0 radical (unpaired) electrons. The average molecular weight is 329 g/mol. The molecule has 6 nitrogen and oxygen atoms in total. The minimum absolute atomic E-state index is 0.128. The molecule has 126 valence electrons. The van der Waals surface area contributed by atoms with E-state index in [-0.39, 0.29) is 23.9 Å². The highest BCUT2D eigenvalue weighted by molar-refractivity contribution is 6.11. The number of carbonyl (C=O) groups is 2. The molecule has 1 amide bonds. The first-order chi connectivity index (χ1) is 11.6. The van der Waals surface area contributed by atoms with Crippen molar-refractivity contribution in [2.45, 2.75) is 0 Å². The summed E-state index contributed by atoms with van der Waals surface area (Å²) in [7, 11) is 4.37. The zero-order valence-corrected chi connectivity index (χ0v) is 13.8. The molecule has 0 aliphatic heterocycles. The van der Waals surface area contributed by atoms with Crippen molar-refractivity contribution in [2.75, 3.05) is 33.3 Å². The largest absolute Gasteiger partial charge is 0.497 e. The Morgan fingerprint density at radius 1 is 1.00 bits per heavy atom. The Kier molecular flexibility index (Phi) is 5.92. The molecule has 6 heteroatoms. The Labute approximate surface area is 140 Å². The summed E-state index contributed by atoms with van der Waals surface area (Å²) in [6.07, 6.45) is 0. The van der Waals surface area contributed by atoms with E-state index >= 15 is 0 Å². The van der Waals surface area contributed by atoms with Crippen molar-refractivity contribution in [2.24, 2.45) is 0 Å². The summed E-state index contributed by atoms with van der Waals surface area (Å²) in [5.74, 6) is 0.127. The molecule has 24 heavy (non-hydrogen) atoms. The fraction of sp³-hybridized carbons (Fsp3) is 0.222. The number of methoxy groups -OCH3 is 3. The monoisotopic (exact) mass is 329 g/mol. The summed E-state index contributed by atoms with van der Waals surface area (Å²) in [5, 5.41) is 2.74. The van der Waals surface area contributed by atoms with Gasteiger partial charge in [-0.25, -0.2) is 0 Å². The lowest BCUT2D eigenvalue weighted by atomic mass is 10.1. The van der Waals surface area contributed by atoms with Crippen LogP contribution < -0.4 is 14.8 Å². The van der Waals surface area contributed by atoms with Crippen LogP contribution in [0, 0.1) is 0 Å². The van der Waals surface area contributed by atoms with Gasteiger partial charge in [0.25, 0.3) is 5.91 Å². The van der Waals surface area contributed by atoms with Crippen molar-refractivity contribution in [1.82, 2.24) is 0 Å². The van der Waals surface area contributed by atoms with Gasteiger partial charge in [-0.3, -0.25) is 9.59 Å². The minimum Gasteiger partial charge on any atom is -0.497 e. The number of anilines is 1. The van der Waals surface area contributed by atoms with Crippen molar-refractivity contribution in [3.8, 4) is 11.5 Å². The number of benzene rings is 2. The summed E-state index contributed by atoms with van der Waals surface area (Å²) in [6.45, 7) is -0.128. The molecule has 2 aromatic carbocycles. The molecule has 2 aromatic rings. The van der Waals surface area contributed by atoms with Crippen LogP contribution in [0.1, 0.15) is 20.7 Å². The van der Waals surface area contributed by atoms with Gasteiger partial charge in [-0.15, -0.1) is 0 Å². The fourth-order valence-corrected chi connectivity index (χ4v) is 2.24. The lowest BCUT2D eigenvalue weighted by molar-refractivity contribution is 0.0846. The summed E-state index contributed by atoms with van der Waals surface area (Å²) < 4.78 is 15.4. The molecule has 0 fully saturated rings. The molecule has 1 N–H and O–H groups in total. The smallest absolute Gasteiger partial charge is 0.255 e. The van der Waals surface area contributed by atoms with E-state index in [4.69, 9.17) is 14.2 Å². The zero-order chi connectivity index (χ0) is 17.5. The SMILES string of the molecule is COCC(=O)c1c(NC(=O)c2ccccc2)cc(OC)cc1OC. The second-order valence-corrected chi connectivity index (χ2v) is 4.93. The first-order valence-electron chi connectivity index (χ1n) is 7.25. The lowest BCUT2D eigenvalue weighted by Crippen LogP contribution is -2.17. The van der Waals surface area contributed by atoms with E-state index in [0.717, 1.165) is 0 Å². The number of Topliss-reactive ketones (excluding diaryl/α,β-unsaturated/α-hetero) is 1. The predicted octanol–water partition coefficient (Wildman–Crippen LogP) is 2.79. The molecule has 0 aliphatic carbocycles. The predicted molar refractivity (Wildman–Crippen MR) is 90.1 cm³/mol. The van der Waals surface area contributed by atoms with E-state index in [0.29, 0.717) is 22.7 Å². The number of ketones is 1. The van der Waals surface area contributed by atoms with Gasteiger partial charge in [0.05, 0.1) is 25.5 Å². The number of ether oxygens (including phenoxy) is 3. The third-order valence-electron chi connectivity index (χ3n) is 3.37. The molecule has 0 heterocycles. The Morgan fingerprint density at radius 3 is 2.29 bits per heavy atom. The standard InChI is InChI=1S/C18H19NO5/c1-22-11-15(20)17-14(9-13(23-2)10-16(17)24-3)19-18(21)12-7-5-4-6-8-12/h4-10H,11H2,1-3H3,(H,19,21). The summed E-state index contributed by atoms with van der Waals surface area (Å²) in [5.41, 5.74) is 1.02. The number of nitrogens with one attached hydrogen (secondary N) is 1. The Balaban J connectivity index is 2.45. The highest BCUT2D eigenvalue weighted by atomic mass is 16.5. The van der Waals surface area contributed by atoms with Crippen molar-refractivity contribution in [3.63, 3.8) is 0 Å². The molecule has 0 saturated heterocycles. The normalized spacial score (nSPS) is 10.1. The molecular formula is C18H19NO5. The maximum atomic E-state index is 12.4. The molecular weight excluding hydrogens is 310 g/mol. The molecule has 0 aliphatic rings. The number of rotatable bonds is 7. The topological polar surface area (TPSA) is 73.9 Å². The van der Waals surface area contributed by atoms with Gasteiger partial charge in [0, 0.05) is 24.8 Å². The van der Waals surface area contributed by atoms with E-state index in [1.54, 1.807) is 36.4 Å². The Bertz CT molecular complexity index is 728. The van der Waals surface area contributed by atoms with E-state index < -0.39 is 0 Å². The van der Waals surface area contributed by atoms with Gasteiger partial charge in [0.1, 0.15) is 18.1 Å². The van der Waals surface area contributed by atoms with Crippen LogP contribution >= 0.6 is 0 Å². The highest BCUT2D eigenvalue weighted by Gasteiger charge is 2.21. The van der Waals surface area contributed by atoms with Gasteiger partial charge in [0.2, 0.25) is 0 Å². The molecule has 0 unspecified atom stereocenters. The van der Waals surface area contributed by atoms with Crippen molar-refractivity contribution in [1.29, 1.82) is 0 Å². The maximum absolute atomic E-state index is 12.4. The lowest BCUT2D eigenvalue weighted by Gasteiger charge is -2.16. The maximum Gasteiger partial charge on any atom is 0.255 e. The van der Waals surface area contributed by atoms with Crippen LogP contribution in [0.25, 0.3) is 0 Å². The van der Waals surface area contributed by atoms with E-state index in [1.165, 1.54) is 21.3 Å². The van der Waals surface area contributed by atoms with Crippen molar-refractivity contribution >= 4 is 17.4 Å². The van der Waals surface area contributed by atoms with Crippen LogP contribution in [0.4, 0.5) is 5.69 Å². The molecule has 0 saturated carbocycles. The third kappa shape index (κ3) is 3.91. The molecule has 0 atom stereocenters. The molecule has 2 rings (SSSR count). The zero-order valence-electron chi connectivity index (χ0n) is 13.8. The first-order valence-corrected chi connectivity index (χ1v) is 7.25. The van der Waals surface area contributed by atoms with E-state index in [1.807, 2.05) is 6.07 Å². The van der Waals surface area contributed by atoms with Crippen LogP contribution in [0.3, 0.4) is 0 Å². The number of carbonyl (C=O) groups excluding carboxylic acids is 2. The van der Waals surface area contributed by atoms with Crippen LogP contribution in [0.5, 0.6) is 11.5 Å². The number of hydrogen-bond acceptors (Lipinski definition) is 5. The quantitative estimate of drug-likeness (QED) is 0.791. The van der Waals surface area contributed by atoms with Crippen LogP contribution in [0.2, 0.25) is 0 Å². The van der Waals surface area contributed by atoms with Gasteiger partial charge in [-0.2, -0.15) is 0 Å². The van der Waals surface area contributed by atoms with E-state index in [2.05, 4.69) is 5.32 Å². The Morgan fingerprint density at radius 2 is 1.71 bits per heavy atom. The summed E-state index contributed by atoms with van der Waals surface area (Å²) >= 11 is 0. The Hall–Kier alpha value is -2.86. The van der Waals surface area contributed by atoms with Crippen molar-refractivity contribution in [3.05, 3.63) is 53.6 Å².